The van der Waals surface area contributed by atoms with Crippen molar-refractivity contribution in [2.75, 3.05) is 42.9 Å². The number of nitrogens with one attached hydrogen (secondary N) is 1. The second-order valence-corrected chi connectivity index (χ2v) is 9.55. The average Bonchev–Trinajstić information content (AvgIpc) is 2.74. The molecule has 30 heavy (non-hydrogen) atoms. The van der Waals surface area contributed by atoms with Crippen molar-refractivity contribution in [3.8, 4) is 0 Å². The van der Waals surface area contributed by atoms with E-state index in [0.29, 0.717) is 5.92 Å². The first-order valence-corrected chi connectivity index (χ1v) is 12.0. The van der Waals surface area contributed by atoms with E-state index >= 15 is 0 Å². The van der Waals surface area contributed by atoms with Crippen molar-refractivity contribution in [2.45, 2.75) is 51.3 Å². The predicted octanol–water partition coefficient (Wildman–Crippen LogP) is 6.11. The van der Waals surface area contributed by atoms with Gasteiger partial charge in [-0.15, -0.1) is 0 Å². The molecule has 0 atom stereocenters. The minimum atomic E-state index is 0.520. The molecule has 1 aliphatic heterocycles. The van der Waals surface area contributed by atoms with Gasteiger partial charge in [-0.2, -0.15) is 0 Å². The monoisotopic (exact) mass is 424 g/mol. The second-order valence-electron chi connectivity index (χ2n) is 8.41. The topological polar surface area (TPSA) is 31.4 Å². The number of piperazine rings is 1. The van der Waals surface area contributed by atoms with Gasteiger partial charge in [-0.3, -0.25) is 4.90 Å². The minimum Gasteiger partial charge on any atom is -0.369 e. The van der Waals surface area contributed by atoms with Crippen LogP contribution in [0.15, 0.2) is 53.0 Å². The minimum absolute atomic E-state index is 0.520. The standard InChI is InChI=1S/C25H36N4S/c1-6-7-12-28-13-15-29(16-14-28)23-10-11-26-25(18-23)27-21(5)30-24-17-22(19(2)3)9-8-20(24)4/h8-11,17-19H,5-7,12-16H2,1-4H3,(H,26,27). The van der Waals surface area contributed by atoms with E-state index in [2.05, 4.69) is 84.7 Å². The first kappa shape index (κ1) is 22.7. The maximum atomic E-state index is 4.52. The molecule has 1 aromatic heterocycles. The van der Waals surface area contributed by atoms with E-state index in [-0.39, 0.29) is 0 Å². The summed E-state index contributed by atoms with van der Waals surface area (Å²) in [5.74, 6) is 1.38. The number of rotatable bonds is 9. The van der Waals surface area contributed by atoms with Gasteiger partial charge in [0.1, 0.15) is 5.82 Å². The number of nitrogens with zero attached hydrogens (tertiary/aromatic N) is 3. The molecule has 1 N–H and O–H groups in total. The summed E-state index contributed by atoms with van der Waals surface area (Å²) >= 11 is 1.68. The van der Waals surface area contributed by atoms with Gasteiger partial charge in [-0.25, -0.2) is 4.98 Å². The van der Waals surface area contributed by atoms with Crippen LogP contribution in [0.25, 0.3) is 0 Å². The number of aromatic nitrogens is 1. The highest BCUT2D eigenvalue weighted by molar-refractivity contribution is 8.03. The van der Waals surface area contributed by atoms with Crippen LogP contribution in [0.3, 0.4) is 0 Å². The molecule has 0 aliphatic carbocycles. The molecule has 1 aromatic carbocycles. The first-order valence-electron chi connectivity index (χ1n) is 11.1. The molecule has 1 saturated heterocycles. The zero-order valence-corrected chi connectivity index (χ0v) is 19.8. The smallest absolute Gasteiger partial charge is 0.132 e. The van der Waals surface area contributed by atoms with E-state index in [9.17, 15) is 0 Å². The SMILES string of the molecule is C=C(Nc1cc(N2CCN(CCCC)CC2)ccn1)Sc1cc(C(C)C)ccc1C. The van der Waals surface area contributed by atoms with Crippen molar-refractivity contribution in [3.05, 3.63) is 59.3 Å². The summed E-state index contributed by atoms with van der Waals surface area (Å²) in [6, 6.07) is 10.9. The molecule has 0 saturated carbocycles. The van der Waals surface area contributed by atoms with Gasteiger partial charge in [0.15, 0.2) is 0 Å². The van der Waals surface area contributed by atoms with Crippen LogP contribution in [0.5, 0.6) is 0 Å². The summed E-state index contributed by atoms with van der Waals surface area (Å²) in [4.78, 5) is 10.8. The number of anilines is 2. The third kappa shape index (κ3) is 6.26. The molecule has 0 spiro atoms. The largest absolute Gasteiger partial charge is 0.369 e. The van der Waals surface area contributed by atoms with Gasteiger partial charge in [0.05, 0.1) is 5.03 Å². The quantitative estimate of drug-likeness (QED) is 0.491. The molecule has 4 nitrogen and oxygen atoms in total. The Labute approximate surface area is 186 Å². The molecule has 1 aliphatic rings. The van der Waals surface area contributed by atoms with E-state index in [1.807, 2.05) is 6.20 Å². The van der Waals surface area contributed by atoms with E-state index < -0.39 is 0 Å². The summed E-state index contributed by atoms with van der Waals surface area (Å²) in [5.41, 5.74) is 3.86. The predicted molar refractivity (Wildman–Crippen MR) is 132 cm³/mol. The number of hydrogen-bond donors (Lipinski definition) is 1. The van der Waals surface area contributed by atoms with Crippen LogP contribution >= 0.6 is 11.8 Å². The third-order valence-electron chi connectivity index (χ3n) is 5.69. The van der Waals surface area contributed by atoms with Crippen LogP contribution in [0.2, 0.25) is 0 Å². The van der Waals surface area contributed by atoms with Crippen LogP contribution in [-0.2, 0) is 0 Å². The fourth-order valence-electron chi connectivity index (χ4n) is 3.68. The van der Waals surface area contributed by atoms with Gasteiger partial charge in [0.25, 0.3) is 0 Å². The van der Waals surface area contributed by atoms with Crippen molar-refractivity contribution in [2.24, 2.45) is 0 Å². The van der Waals surface area contributed by atoms with E-state index in [1.165, 1.54) is 41.1 Å². The van der Waals surface area contributed by atoms with Crippen molar-refractivity contribution in [1.82, 2.24) is 9.88 Å². The fourth-order valence-corrected chi connectivity index (χ4v) is 4.53. The Kier molecular flexibility index (Phi) is 8.23. The molecule has 0 amide bonds. The Morgan fingerprint density at radius 3 is 2.63 bits per heavy atom. The Morgan fingerprint density at radius 2 is 1.93 bits per heavy atom. The molecule has 5 heteroatoms. The lowest BCUT2D eigenvalue weighted by atomic mass is 10.0. The normalized spacial score (nSPS) is 14.9. The lowest BCUT2D eigenvalue weighted by Crippen LogP contribution is -2.46. The number of pyridine rings is 1. The molecule has 0 unspecified atom stereocenters. The summed E-state index contributed by atoms with van der Waals surface area (Å²) in [7, 11) is 0. The van der Waals surface area contributed by atoms with Crippen LogP contribution in [0, 0.1) is 6.92 Å². The van der Waals surface area contributed by atoms with Crippen molar-refractivity contribution in [1.29, 1.82) is 0 Å². The van der Waals surface area contributed by atoms with Gasteiger partial charge in [0, 0.05) is 49.0 Å². The van der Waals surface area contributed by atoms with E-state index in [4.69, 9.17) is 0 Å². The Balaban J connectivity index is 1.59. The van der Waals surface area contributed by atoms with Crippen LogP contribution in [-0.4, -0.2) is 42.6 Å². The maximum Gasteiger partial charge on any atom is 0.132 e. The summed E-state index contributed by atoms with van der Waals surface area (Å²) in [5, 5.41) is 4.30. The Hall–Kier alpha value is -1.98. The van der Waals surface area contributed by atoms with Crippen LogP contribution in [0.1, 0.15) is 50.7 Å². The number of aryl methyl sites for hydroxylation is 1. The van der Waals surface area contributed by atoms with Crippen LogP contribution < -0.4 is 10.2 Å². The number of unbranched alkanes of at least 4 members (excludes halogenated alkanes) is 1. The first-order chi connectivity index (χ1) is 14.5. The van der Waals surface area contributed by atoms with Crippen molar-refractivity contribution < 1.29 is 0 Å². The van der Waals surface area contributed by atoms with Crippen LogP contribution in [0.4, 0.5) is 11.5 Å². The second kappa shape index (κ2) is 10.9. The zero-order chi connectivity index (χ0) is 21.5. The Bertz CT molecular complexity index is 841. The average molecular weight is 425 g/mol. The maximum absolute atomic E-state index is 4.52. The highest BCUT2D eigenvalue weighted by Crippen LogP contribution is 2.32. The van der Waals surface area contributed by atoms with Crippen molar-refractivity contribution >= 4 is 23.3 Å². The van der Waals surface area contributed by atoms with Gasteiger partial charge in [0.2, 0.25) is 0 Å². The molecule has 0 radical (unpaired) electrons. The highest BCUT2D eigenvalue weighted by Gasteiger charge is 2.17. The lowest BCUT2D eigenvalue weighted by molar-refractivity contribution is 0.254. The highest BCUT2D eigenvalue weighted by atomic mass is 32.2. The molecular formula is C25H36N4S. The van der Waals surface area contributed by atoms with Gasteiger partial charge in [-0.05, 0) is 49.1 Å². The van der Waals surface area contributed by atoms with Crippen molar-refractivity contribution in [3.63, 3.8) is 0 Å². The fraction of sp³-hybridized carbons (Fsp3) is 0.480. The van der Waals surface area contributed by atoms with E-state index in [0.717, 1.165) is 37.0 Å². The molecular weight excluding hydrogens is 388 g/mol. The summed E-state index contributed by atoms with van der Waals surface area (Å²) in [6.07, 6.45) is 4.45. The molecule has 0 bridgehead atoms. The third-order valence-corrected chi connectivity index (χ3v) is 6.70. The number of hydrogen-bond acceptors (Lipinski definition) is 5. The van der Waals surface area contributed by atoms with Gasteiger partial charge < -0.3 is 10.2 Å². The summed E-state index contributed by atoms with van der Waals surface area (Å²) < 4.78 is 0. The Morgan fingerprint density at radius 1 is 1.17 bits per heavy atom. The molecule has 2 aromatic rings. The van der Waals surface area contributed by atoms with Gasteiger partial charge in [-0.1, -0.05) is 57.7 Å². The molecule has 2 heterocycles. The summed E-state index contributed by atoms with van der Waals surface area (Å²) in [6.45, 7) is 18.7. The van der Waals surface area contributed by atoms with E-state index in [1.54, 1.807) is 11.8 Å². The molecule has 3 rings (SSSR count). The zero-order valence-electron chi connectivity index (χ0n) is 18.9. The number of benzene rings is 1. The lowest BCUT2D eigenvalue weighted by Gasteiger charge is -2.36. The number of thioether (sulfide) groups is 1. The molecule has 162 valence electrons. The molecule has 1 fully saturated rings. The van der Waals surface area contributed by atoms with Gasteiger partial charge >= 0.3 is 0 Å².